The Morgan fingerprint density at radius 1 is 0.679 bits per heavy atom. The Morgan fingerprint density at radius 2 is 1.07 bits per heavy atom. The Bertz CT molecular complexity index is 541. The summed E-state index contributed by atoms with van der Waals surface area (Å²) < 4.78 is 36.8. The van der Waals surface area contributed by atoms with E-state index in [0.29, 0.717) is 39.6 Å². The maximum atomic E-state index is 6.16. The van der Waals surface area contributed by atoms with Gasteiger partial charge in [0, 0.05) is 59.1 Å². The van der Waals surface area contributed by atoms with Crippen molar-refractivity contribution in [1.29, 1.82) is 0 Å². The lowest BCUT2D eigenvalue weighted by atomic mass is 10.3. The normalized spacial score (nSPS) is 13.1. The molecule has 1 aromatic carbocycles. The molecule has 0 saturated carbocycles. The Morgan fingerprint density at radius 3 is 1.43 bits per heavy atom. The van der Waals surface area contributed by atoms with Crippen LogP contribution in [0.4, 0.5) is 0 Å². The number of rotatable bonds is 15. The van der Waals surface area contributed by atoms with Gasteiger partial charge in [0.1, 0.15) is 0 Å². The average Bonchev–Trinajstić information content (AvgIpc) is 2.68. The SMILES string of the molecule is CCO[Si](OCC)(OCC)c1ccc([Si](OCC)(OCC)OCC)c([SiH2][SiH3])c1. The minimum Gasteiger partial charge on any atom is -0.370 e. The first-order valence-corrected chi connectivity index (χ1v) is 20.3. The third-order valence-electron chi connectivity index (χ3n) is 4.18. The highest BCUT2D eigenvalue weighted by atomic mass is 29.1. The van der Waals surface area contributed by atoms with Crippen molar-refractivity contribution in [3.63, 3.8) is 0 Å². The van der Waals surface area contributed by atoms with Gasteiger partial charge in [0.05, 0.1) is 0 Å². The van der Waals surface area contributed by atoms with Gasteiger partial charge in [0.25, 0.3) is 0 Å². The van der Waals surface area contributed by atoms with E-state index in [1.54, 1.807) is 0 Å². The molecule has 0 N–H and O–H groups in total. The summed E-state index contributed by atoms with van der Waals surface area (Å²) >= 11 is 0. The highest BCUT2D eigenvalue weighted by Crippen LogP contribution is 2.13. The third-order valence-corrected chi connectivity index (χ3v) is 14.3. The highest BCUT2D eigenvalue weighted by molar-refractivity contribution is 7.00. The molecule has 0 fully saturated rings. The van der Waals surface area contributed by atoms with Gasteiger partial charge in [-0.1, -0.05) is 23.4 Å². The van der Waals surface area contributed by atoms with Gasteiger partial charge in [-0.25, -0.2) is 0 Å². The number of benzene rings is 1. The predicted molar refractivity (Wildman–Crippen MR) is 125 cm³/mol. The van der Waals surface area contributed by atoms with Crippen molar-refractivity contribution in [2.45, 2.75) is 41.5 Å². The summed E-state index contributed by atoms with van der Waals surface area (Å²) in [5, 5.41) is 3.45. The van der Waals surface area contributed by atoms with E-state index < -0.39 is 26.6 Å². The van der Waals surface area contributed by atoms with Crippen molar-refractivity contribution in [3.8, 4) is 0 Å². The van der Waals surface area contributed by atoms with Gasteiger partial charge >= 0.3 is 17.6 Å². The molecular weight excluding hydrogens is 425 g/mol. The molecule has 0 aromatic heterocycles. The first-order chi connectivity index (χ1) is 13.5. The molecule has 0 saturated heterocycles. The van der Waals surface area contributed by atoms with Gasteiger partial charge in [-0.05, 0) is 51.3 Å². The molecule has 162 valence electrons. The van der Waals surface area contributed by atoms with Gasteiger partial charge in [-0.15, -0.1) is 0 Å². The molecule has 0 atom stereocenters. The summed E-state index contributed by atoms with van der Waals surface area (Å²) in [6, 6.07) is 6.40. The van der Waals surface area contributed by atoms with Crippen LogP contribution in [0.25, 0.3) is 0 Å². The molecule has 0 spiro atoms. The zero-order valence-corrected chi connectivity index (χ0v) is 24.0. The van der Waals surface area contributed by atoms with Crippen LogP contribution in [0.5, 0.6) is 0 Å². The number of hydrogen-bond acceptors (Lipinski definition) is 6. The lowest BCUT2D eigenvalue weighted by Crippen LogP contribution is -2.64. The van der Waals surface area contributed by atoms with E-state index in [4.69, 9.17) is 26.6 Å². The quantitative estimate of drug-likeness (QED) is 0.321. The van der Waals surface area contributed by atoms with Gasteiger partial charge in [-0.2, -0.15) is 0 Å². The Kier molecular flexibility index (Phi) is 12.2. The van der Waals surface area contributed by atoms with E-state index >= 15 is 0 Å². The third kappa shape index (κ3) is 6.17. The maximum Gasteiger partial charge on any atom is 0.537 e. The Labute approximate surface area is 178 Å². The van der Waals surface area contributed by atoms with Crippen LogP contribution in [-0.2, 0) is 26.6 Å². The molecule has 0 heterocycles. The fourth-order valence-corrected chi connectivity index (χ4v) is 13.5. The smallest absolute Gasteiger partial charge is 0.370 e. The molecular formula is C18H38O6Si4. The Hall–Kier alpha value is -0.152. The zero-order chi connectivity index (χ0) is 21.0. The molecule has 1 rings (SSSR count). The van der Waals surface area contributed by atoms with Crippen LogP contribution in [0.2, 0.25) is 0 Å². The van der Waals surface area contributed by atoms with E-state index in [1.165, 1.54) is 5.19 Å². The summed E-state index contributed by atoms with van der Waals surface area (Å²) in [7, 11) is -5.10. The van der Waals surface area contributed by atoms with E-state index in [-0.39, 0.29) is 0 Å². The van der Waals surface area contributed by atoms with Crippen LogP contribution < -0.4 is 15.6 Å². The second-order valence-corrected chi connectivity index (χ2v) is 14.6. The fraction of sp³-hybridized carbons (Fsp3) is 0.667. The van der Waals surface area contributed by atoms with Crippen molar-refractivity contribution >= 4 is 52.0 Å². The molecule has 0 radical (unpaired) electrons. The second kappa shape index (κ2) is 13.2. The van der Waals surface area contributed by atoms with Crippen LogP contribution in [0.1, 0.15) is 41.5 Å². The van der Waals surface area contributed by atoms with Crippen LogP contribution in [-0.4, -0.2) is 76.0 Å². The Balaban J connectivity index is 3.53. The minimum absolute atomic E-state index is 0.400. The maximum absolute atomic E-state index is 6.16. The summed E-state index contributed by atoms with van der Waals surface area (Å²) in [4.78, 5) is 0. The first kappa shape index (κ1) is 25.9. The molecule has 0 aliphatic heterocycles. The standard InChI is InChI=1S/C18H38O6Si4/c1-7-19-27(20-8-2,21-9-3)16-13-14-18(17(15-16)26-25)28(22-10-4,23-11-5)24-12-6/h13-15H,7-12,26H2,1-6,25H3. The minimum atomic E-state index is -2.93. The molecule has 0 aliphatic rings. The monoisotopic (exact) mass is 462 g/mol. The first-order valence-electron chi connectivity index (χ1n) is 10.5. The van der Waals surface area contributed by atoms with Crippen LogP contribution >= 0.6 is 0 Å². The van der Waals surface area contributed by atoms with Crippen molar-refractivity contribution in [3.05, 3.63) is 18.2 Å². The zero-order valence-electron chi connectivity index (χ0n) is 18.6. The van der Waals surface area contributed by atoms with Gasteiger partial charge < -0.3 is 26.6 Å². The molecule has 6 nitrogen and oxygen atoms in total. The topological polar surface area (TPSA) is 55.4 Å². The van der Waals surface area contributed by atoms with Gasteiger partial charge in [-0.3, -0.25) is 0 Å². The second-order valence-electron chi connectivity index (χ2n) is 5.94. The molecule has 0 amide bonds. The molecule has 10 heteroatoms. The summed E-state index contributed by atoms with van der Waals surface area (Å²) in [6.45, 7) is 15.2. The lowest BCUT2D eigenvalue weighted by molar-refractivity contribution is 0.0846. The van der Waals surface area contributed by atoms with Crippen LogP contribution in [0.3, 0.4) is 0 Å². The largest absolute Gasteiger partial charge is 0.537 e. The van der Waals surface area contributed by atoms with Crippen molar-refractivity contribution in [2.75, 3.05) is 39.6 Å². The summed E-state index contributed by atoms with van der Waals surface area (Å²) in [6.07, 6.45) is 0. The van der Waals surface area contributed by atoms with Crippen molar-refractivity contribution in [2.24, 2.45) is 0 Å². The summed E-state index contributed by atoms with van der Waals surface area (Å²) in [5.74, 6) is 0. The molecule has 28 heavy (non-hydrogen) atoms. The van der Waals surface area contributed by atoms with Crippen LogP contribution in [0.15, 0.2) is 18.2 Å². The molecule has 0 aliphatic carbocycles. The summed E-state index contributed by atoms with van der Waals surface area (Å²) in [5.41, 5.74) is 0. The van der Waals surface area contributed by atoms with E-state index in [0.717, 1.165) is 20.1 Å². The predicted octanol–water partition coefficient (Wildman–Crippen LogP) is -0.728. The van der Waals surface area contributed by atoms with E-state index in [2.05, 4.69) is 18.2 Å². The fourth-order valence-electron chi connectivity index (χ4n) is 3.25. The highest BCUT2D eigenvalue weighted by Gasteiger charge is 2.47. The van der Waals surface area contributed by atoms with E-state index in [1.807, 2.05) is 41.5 Å². The van der Waals surface area contributed by atoms with Crippen molar-refractivity contribution in [1.82, 2.24) is 0 Å². The van der Waals surface area contributed by atoms with Gasteiger partial charge in [0.2, 0.25) is 0 Å². The van der Waals surface area contributed by atoms with Gasteiger partial charge in [0.15, 0.2) is 0 Å². The number of hydrogen-bond donors (Lipinski definition) is 0. The molecule has 0 unspecified atom stereocenters. The van der Waals surface area contributed by atoms with E-state index in [9.17, 15) is 0 Å². The lowest BCUT2D eigenvalue weighted by Gasteiger charge is -2.32. The van der Waals surface area contributed by atoms with Crippen molar-refractivity contribution < 1.29 is 26.6 Å². The molecule has 1 aromatic rings. The van der Waals surface area contributed by atoms with Crippen LogP contribution in [0, 0.1) is 0 Å². The molecule has 0 bridgehead atoms. The average molecular weight is 463 g/mol.